The Kier molecular flexibility index (Phi) is 2.56. The standard InChI is InChI=1S/C4H8.H2/c1-3-4-2;/h3-4H,1-2H3;1H/b4-3-;/i;1+1. The smallest absolute Gasteiger partial charge is 0 e. The van der Waals surface area contributed by atoms with Crippen molar-refractivity contribution in [2.45, 2.75) is 13.8 Å². The van der Waals surface area contributed by atoms with Gasteiger partial charge in [0, 0.05) is 1.43 Å². The number of rotatable bonds is 0. The van der Waals surface area contributed by atoms with Gasteiger partial charge >= 0.3 is 0 Å². The second-order valence-electron chi connectivity index (χ2n) is 0.667. The van der Waals surface area contributed by atoms with Crippen LogP contribution in [0.1, 0.15) is 15.3 Å². The van der Waals surface area contributed by atoms with E-state index in [1.54, 1.807) is 0 Å². The third-order valence-corrected chi connectivity index (χ3v) is 0.333. The fourth-order valence-electron chi connectivity index (χ4n) is 0. The first-order valence-electron chi connectivity index (χ1n) is 1.49. The van der Waals surface area contributed by atoms with Crippen LogP contribution < -0.4 is 0 Å². The van der Waals surface area contributed by atoms with Crippen molar-refractivity contribution in [3.8, 4) is 0 Å². The van der Waals surface area contributed by atoms with Crippen LogP contribution in [0.3, 0.4) is 0 Å². The van der Waals surface area contributed by atoms with Crippen LogP contribution in [0.5, 0.6) is 0 Å². The molecule has 0 unspecified atom stereocenters. The molecular weight excluding hydrogens is 48.0 g/mol. The first-order valence-corrected chi connectivity index (χ1v) is 1.49. The van der Waals surface area contributed by atoms with Crippen molar-refractivity contribution in [1.29, 1.82) is 0 Å². The average molecular weight is 59.1 g/mol. The van der Waals surface area contributed by atoms with E-state index in [0.29, 0.717) is 0 Å². The van der Waals surface area contributed by atoms with Crippen molar-refractivity contribution in [2.75, 3.05) is 0 Å². The fraction of sp³-hybridized carbons (Fsp3) is 0.500. The van der Waals surface area contributed by atoms with Gasteiger partial charge in [0.15, 0.2) is 0 Å². The Balaban J connectivity index is 0. The molecule has 0 amide bonds. The summed E-state index contributed by atoms with van der Waals surface area (Å²) in [7, 11) is 0. The molecular formula is C4H10. The lowest BCUT2D eigenvalue weighted by molar-refractivity contribution is 1.64. The van der Waals surface area contributed by atoms with E-state index >= 15 is 0 Å². The molecule has 26 valence electrons. The maximum absolute atomic E-state index is 2.00. The lowest BCUT2D eigenvalue weighted by Gasteiger charge is -1.49. The van der Waals surface area contributed by atoms with Gasteiger partial charge in [-0.15, -0.1) is 0 Å². The van der Waals surface area contributed by atoms with Gasteiger partial charge in [-0.1, -0.05) is 12.2 Å². The summed E-state index contributed by atoms with van der Waals surface area (Å²) >= 11 is 0. The van der Waals surface area contributed by atoms with Crippen molar-refractivity contribution in [3.63, 3.8) is 0 Å². The first-order chi connectivity index (χ1) is 1.91. The number of hydrogen-bond acceptors (Lipinski definition) is 0. The van der Waals surface area contributed by atoms with Gasteiger partial charge in [0.05, 0.1) is 0 Å². The van der Waals surface area contributed by atoms with Gasteiger partial charge < -0.3 is 0 Å². The van der Waals surface area contributed by atoms with E-state index < -0.39 is 0 Å². The monoisotopic (exact) mass is 59.1 g/mol. The van der Waals surface area contributed by atoms with Crippen LogP contribution in [-0.4, -0.2) is 0 Å². The maximum Gasteiger partial charge on any atom is 0 e. The first kappa shape index (κ1) is 3.74. The number of allylic oxidation sites excluding steroid dienone is 2. The Morgan fingerprint density at radius 2 is 1.50 bits per heavy atom. The fourth-order valence-corrected chi connectivity index (χ4v) is 0. The summed E-state index contributed by atoms with van der Waals surface area (Å²) in [6, 6.07) is 0. The highest BCUT2D eigenvalue weighted by Gasteiger charge is 1.34. The summed E-state index contributed by atoms with van der Waals surface area (Å²) < 4.78 is 0. The molecule has 0 aliphatic heterocycles. The summed E-state index contributed by atoms with van der Waals surface area (Å²) in [5.74, 6) is 0. The highest BCUT2D eigenvalue weighted by molar-refractivity contribution is 4.68. The van der Waals surface area contributed by atoms with Crippen molar-refractivity contribution >= 4 is 0 Å². The van der Waals surface area contributed by atoms with Crippen molar-refractivity contribution in [1.82, 2.24) is 0 Å². The van der Waals surface area contributed by atoms with Crippen LogP contribution in [0.25, 0.3) is 0 Å². The quantitative estimate of drug-likeness (QED) is 0.373. The molecule has 0 nitrogen and oxygen atoms in total. The molecule has 4 heavy (non-hydrogen) atoms. The van der Waals surface area contributed by atoms with Crippen LogP contribution in [0.15, 0.2) is 12.2 Å². The Labute approximate surface area is 28.6 Å². The van der Waals surface area contributed by atoms with Gasteiger partial charge in [0.25, 0.3) is 0 Å². The predicted molar refractivity (Wildman–Crippen MR) is 22.6 cm³/mol. The Morgan fingerprint density at radius 1 is 1.25 bits per heavy atom. The van der Waals surface area contributed by atoms with Crippen LogP contribution in [-0.2, 0) is 0 Å². The van der Waals surface area contributed by atoms with Crippen LogP contribution in [0.2, 0.25) is 0 Å². The molecule has 0 aromatic carbocycles. The van der Waals surface area contributed by atoms with Gasteiger partial charge in [0.2, 0.25) is 0 Å². The highest BCUT2D eigenvalue weighted by Crippen LogP contribution is 1.57. The van der Waals surface area contributed by atoms with Gasteiger partial charge in [-0.25, -0.2) is 0 Å². The molecule has 0 radical (unpaired) electrons. The normalized spacial score (nSPS) is 9.50. The van der Waals surface area contributed by atoms with Crippen LogP contribution in [0.4, 0.5) is 0 Å². The molecule has 0 atom stereocenters. The Bertz CT molecular complexity index is 18.8. The van der Waals surface area contributed by atoms with E-state index in [1.807, 2.05) is 26.0 Å². The maximum atomic E-state index is 2.00. The van der Waals surface area contributed by atoms with Gasteiger partial charge in [-0.2, -0.15) is 0 Å². The third kappa shape index (κ3) is 1.74. The van der Waals surface area contributed by atoms with E-state index in [2.05, 4.69) is 0 Å². The molecule has 0 aromatic rings. The van der Waals surface area contributed by atoms with Gasteiger partial charge in [0.1, 0.15) is 0 Å². The van der Waals surface area contributed by atoms with Gasteiger partial charge in [-0.3, -0.25) is 0 Å². The van der Waals surface area contributed by atoms with E-state index in [9.17, 15) is 0 Å². The minimum atomic E-state index is 0. The second kappa shape index (κ2) is 2.74. The van der Waals surface area contributed by atoms with E-state index in [0.717, 1.165) is 0 Å². The van der Waals surface area contributed by atoms with Crippen molar-refractivity contribution in [3.05, 3.63) is 12.2 Å². The summed E-state index contributed by atoms with van der Waals surface area (Å²) in [6.07, 6.45) is 4.00. The van der Waals surface area contributed by atoms with Crippen molar-refractivity contribution < 1.29 is 1.43 Å². The Morgan fingerprint density at radius 3 is 1.50 bits per heavy atom. The summed E-state index contributed by atoms with van der Waals surface area (Å²) in [5, 5.41) is 0. The zero-order valence-corrected chi connectivity index (χ0v) is 3.15. The predicted octanol–water partition coefficient (Wildman–Crippen LogP) is 1.83. The summed E-state index contributed by atoms with van der Waals surface area (Å²) in [4.78, 5) is 0. The summed E-state index contributed by atoms with van der Waals surface area (Å²) in [5.41, 5.74) is 0. The Hall–Kier alpha value is -0.260. The molecule has 0 saturated heterocycles. The molecule has 0 rings (SSSR count). The zero-order chi connectivity index (χ0) is 3.41. The highest BCUT2D eigenvalue weighted by atomic mass is 13.4. The molecule has 0 aliphatic carbocycles. The third-order valence-electron chi connectivity index (χ3n) is 0.333. The van der Waals surface area contributed by atoms with Crippen LogP contribution in [0, 0.1) is 0 Å². The van der Waals surface area contributed by atoms with E-state index in [-0.39, 0.29) is 1.43 Å². The topological polar surface area (TPSA) is 0 Å². The van der Waals surface area contributed by atoms with Crippen molar-refractivity contribution in [2.24, 2.45) is 0 Å². The molecule has 0 aromatic heterocycles. The molecule has 0 spiro atoms. The lowest BCUT2D eigenvalue weighted by Crippen LogP contribution is -1.26. The van der Waals surface area contributed by atoms with Crippen LogP contribution >= 0.6 is 0 Å². The van der Waals surface area contributed by atoms with E-state index in [4.69, 9.17) is 0 Å². The minimum absolute atomic E-state index is 0. The largest absolute Gasteiger partial charge is 0.0919 e. The number of hydrogen-bond donors (Lipinski definition) is 0. The lowest BCUT2D eigenvalue weighted by atomic mass is 10.6. The molecule has 0 N–H and O–H groups in total. The van der Waals surface area contributed by atoms with E-state index in [1.165, 1.54) is 0 Å². The molecule has 0 heterocycles. The molecule has 0 bridgehead atoms. The second-order valence-corrected chi connectivity index (χ2v) is 0.667. The average Bonchev–Trinajstić information content (AvgIpc) is 1.37. The molecule has 0 saturated carbocycles. The molecule has 0 aliphatic rings. The minimum Gasteiger partial charge on any atom is -0.0919 e. The zero-order valence-electron chi connectivity index (χ0n) is 3.15. The molecule has 0 heteroatoms. The summed E-state index contributed by atoms with van der Waals surface area (Å²) in [6.45, 7) is 4.00. The van der Waals surface area contributed by atoms with Gasteiger partial charge in [-0.05, 0) is 13.8 Å². The molecule has 0 fully saturated rings. The SMILES string of the molecule is C/C=C\C.[2HH].